The van der Waals surface area contributed by atoms with Crippen LogP contribution in [0.4, 0.5) is 0 Å². The maximum Gasteiger partial charge on any atom is 0.317 e. The number of aryl methyl sites for hydroxylation is 3. The van der Waals surface area contributed by atoms with Gasteiger partial charge in [-0.3, -0.25) is 4.79 Å². The Morgan fingerprint density at radius 3 is 2.75 bits per heavy atom. The highest BCUT2D eigenvalue weighted by atomic mass is 32.2. The van der Waals surface area contributed by atoms with Crippen molar-refractivity contribution in [2.24, 2.45) is 0 Å². The van der Waals surface area contributed by atoms with E-state index in [1.807, 2.05) is 31.2 Å². The average molecular weight is 394 g/mol. The van der Waals surface area contributed by atoms with Gasteiger partial charge >= 0.3 is 5.97 Å². The molecule has 1 aromatic heterocycles. The molecule has 1 aliphatic carbocycles. The molecule has 0 amide bonds. The zero-order valence-corrected chi connectivity index (χ0v) is 16.8. The summed E-state index contributed by atoms with van der Waals surface area (Å²) in [7, 11) is 0. The number of hydrogen-bond donors (Lipinski definition) is 0. The fourth-order valence-corrected chi connectivity index (χ4v) is 4.02. The highest BCUT2D eigenvalue weighted by Gasteiger charge is 2.19. The van der Waals surface area contributed by atoms with Gasteiger partial charge in [0, 0.05) is 10.5 Å². The summed E-state index contributed by atoms with van der Waals surface area (Å²) in [5, 5.41) is 8.08. The quantitative estimate of drug-likeness (QED) is 0.436. The van der Waals surface area contributed by atoms with E-state index >= 15 is 0 Å². The molecule has 144 valence electrons. The summed E-state index contributed by atoms with van der Waals surface area (Å²) < 4.78 is 11.1. The molecule has 3 aromatic rings. The van der Waals surface area contributed by atoms with E-state index in [4.69, 9.17) is 9.15 Å². The molecule has 0 radical (unpaired) electrons. The zero-order valence-electron chi connectivity index (χ0n) is 16.0. The molecule has 1 aliphatic rings. The maximum absolute atomic E-state index is 12.2. The van der Waals surface area contributed by atoms with Crippen molar-refractivity contribution < 1.29 is 13.9 Å². The summed E-state index contributed by atoms with van der Waals surface area (Å²) in [6, 6.07) is 14.3. The monoisotopic (exact) mass is 394 g/mol. The van der Waals surface area contributed by atoms with E-state index < -0.39 is 6.10 Å². The van der Waals surface area contributed by atoms with Crippen molar-refractivity contribution in [1.82, 2.24) is 10.2 Å². The van der Waals surface area contributed by atoms with Crippen molar-refractivity contribution in [1.29, 1.82) is 0 Å². The van der Waals surface area contributed by atoms with Crippen LogP contribution < -0.4 is 0 Å². The minimum absolute atomic E-state index is 0.252. The number of fused-ring (bicyclic) bond motifs is 1. The summed E-state index contributed by atoms with van der Waals surface area (Å²) in [6.07, 6.45) is 2.93. The van der Waals surface area contributed by atoms with Crippen molar-refractivity contribution in [3.05, 3.63) is 65.0 Å². The third kappa shape index (κ3) is 4.28. The van der Waals surface area contributed by atoms with E-state index in [-0.39, 0.29) is 11.7 Å². The van der Waals surface area contributed by atoms with Gasteiger partial charge in [-0.1, -0.05) is 23.8 Å². The van der Waals surface area contributed by atoms with E-state index in [0.717, 1.165) is 28.9 Å². The molecule has 1 atom stereocenters. The van der Waals surface area contributed by atoms with Crippen LogP contribution in [0.3, 0.4) is 0 Å². The van der Waals surface area contributed by atoms with Gasteiger partial charge in [0.25, 0.3) is 5.89 Å². The van der Waals surface area contributed by atoms with Gasteiger partial charge in [0.1, 0.15) is 0 Å². The second kappa shape index (κ2) is 8.19. The van der Waals surface area contributed by atoms with Crippen molar-refractivity contribution in [3.8, 4) is 11.5 Å². The summed E-state index contributed by atoms with van der Waals surface area (Å²) in [5.41, 5.74) is 4.84. The predicted molar refractivity (Wildman–Crippen MR) is 108 cm³/mol. The van der Waals surface area contributed by atoms with E-state index in [1.54, 1.807) is 6.92 Å². The standard InChI is InChI=1S/C22H22N2O3S/c1-14-6-8-17(9-7-14)22-24-23-21(27-22)15(2)26-20(25)13-28-19-11-10-16-4-3-5-18(16)12-19/h6-12,15H,3-5,13H2,1-2H3/t15-/m1/s1. The maximum atomic E-state index is 12.2. The first-order valence-corrected chi connectivity index (χ1v) is 10.4. The second-order valence-corrected chi connectivity index (χ2v) is 8.07. The van der Waals surface area contributed by atoms with Crippen LogP contribution in [0.1, 0.15) is 42.0 Å². The molecule has 0 saturated carbocycles. The number of carbonyl (C=O) groups excluding carboxylic acids is 1. The lowest BCUT2D eigenvalue weighted by molar-refractivity contribution is -0.146. The first-order chi connectivity index (χ1) is 13.6. The van der Waals surface area contributed by atoms with Gasteiger partial charge in [-0.15, -0.1) is 22.0 Å². The van der Waals surface area contributed by atoms with E-state index in [9.17, 15) is 4.79 Å². The molecule has 0 bridgehead atoms. The Morgan fingerprint density at radius 1 is 1.14 bits per heavy atom. The number of nitrogens with zero attached hydrogens (tertiary/aromatic N) is 2. The summed E-state index contributed by atoms with van der Waals surface area (Å²) in [5.74, 6) is 0.673. The van der Waals surface area contributed by atoms with Crippen molar-refractivity contribution in [2.45, 2.75) is 44.1 Å². The number of hydrogen-bond acceptors (Lipinski definition) is 6. The third-order valence-corrected chi connectivity index (χ3v) is 5.79. The molecule has 0 saturated heterocycles. The Bertz CT molecular complexity index is 982. The summed E-state index contributed by atoms with van der Waals surface area (Å²) in [4.78, 5) is 13.3. The van der Waals surface area contributed by atoms with Crippen molar-refractivity contribution >= 4 is 17.7 Å². The normalized spacial score (nSPS) is 13.9. The Hall–Kier alpha value is -2.60. The van der Waals surface area contributed by atoms with Crippen LogP contribution in [-0.4, -0.2) is 21.9 Å². The van der Waals surface area contributed by atoms with Gasteiger partial charge in [0.2, 0.25) is 5.89 Å². The third-order valence-electron chi connectivity index (χ3n) is 4.82. The number of aromatic nitrogens is 2. The summed E-state index contributed by atoms with van der Waals surface area (Å²) >= 11 is 1.49. The molecule has 0 unspecified atom stereocenters. The molecule has 0 spiro atoms. The molecule has 4 rings (SSSR count). The Labute approximate surface area is 168 Å². The van der Waals surface area contributed by atoms with Crippen LogP contribution in [-0.2, 0) is 22.4 Å². The summed E-state index contributed by atoms with van der Waals surface area (Å²) in [6.45, 7) is 3.76. The highest BCUT2D eigenvalue weighted by molar-refractivity contribution is 8.00. The minimum Gasteiger partial charge on any atom is -0.452 e. The van der Waals surface area contributed by atoms with Gasteiger partial charge in [-0.25, -0.2) is 0 Å². The zero-order chi connectivity index (χ0) is 19.5. The molecule has 2 aromatic carbocycles. The smallest absolute Gasteiger partial charge is 0.317 e. The van der Waals surface area contributed by atoms with Crippen LogP contribution in [0.25, 0.3) is 11.5 Å². The van der Waals surface area contributed by atoms with E-state index in [1.165, 1.54) is 29.3 Å². The Balaban J connectivity index is 1.32. The van der Waals surface area contributed by atoms with Crippen LogP contribution in [0.15, 0.2) is 51.8 Å². The molecule has 0 fully saturated rings. The van der Waals surface area contributed by atoms with Gasteiger partial charge in [-0.2, -0.15) is 0 Å². The first-order valence-electron chi connectivity index (χ1n) is 9.43. The molecule has 1 heterocycles. The first kappa shape index (κ1) is 18.7. The highest BCUT2D eigenvalue weighted by Crippen LogP contribution is 2.28. The van der Waals surface area contributed by atoms with Gasteiger partial charge in [-0.05, 0) is 68.5 Å². The predicted octanol–water partition coefficient (Wildman–Crippen LogP) is 4.93. The molecular weight excluding hydrogens is 372 g/mol. The SMILES string of the molecule is Cc1ccc(-c2nnc([C@@H](C)OC(=O)CSc3ccc4c(c3)CCC4)o2)cc1. The van der Waals surface area contributed by atoms with Gasteiger partial charge in [0.05, 0.1) is 5.75 Å². The van der Waals surface area contributed by atoms with Gasteiger partial charge < -0.3 is 9.15 Å². The van der Waals surface area contributed by atoms with Crippen molar-refractivity contribution in [2.75, 3.05) is 5.75 Å². The lowest BCUT2D eigenvalue weighted by Gasteiger charge is -2.09. The number of thioether (sulfide) groups is 1. The number of ether oxygens (including phenoxy) is 1. The van der Waals surface area contributed by atoms with Crippen LogP contribution in [0.2, 0.25) is 0 Å². The van der Waals surface area contributed by atoms with Crippen LogP contribution >= 0.6 is 11.8 Å². The fourth-order valence-electron chi connectivity index (χ4n) is 3.27. The van der Waals surface area contributed by atoms with E-state index in [0.29, 0.717) is 11.8 Å². The minimum atomic E-state index is -0.584. The Kier molecular flexibility index (Phi) is 5.48. The van der Waals surface area contributed by atoms with Crippen molar-refractivity contribution in [3.63, 3.8) is 0 Å². The lowest BCUT2D eigenvalue weighted by atomic mass is 10.1. The molecule has 28 heavy (non-hydrogen) atoms. The van der Waals surface area contributed by atoms with E-state index in [2.05, 4.69) is 28.4 Å². The molecule has 6 heteroatoms. The second-order valence-electron chi connectivity index (χ2n) is 7.02. The van der Waals surface area contributed by atoms with Gasteiger partial charge in [0.15, 0.2) is 6.10 Å². The van der Waals surface area contributed by atoms with Crippen LogP contribution in [0, 0.1) is 6.92 Å². The largest absolute Gasteiger partial charge is 0.452 e. The fraction of sp³-hybridized carbons (Fsp3) is 0.318. The molecule has 0 N–H and O–H groups in total. The molecule has 0 aliphatic heterocycles. The topological polar surface area (TPSA) is 65.2 Å². The molecule has 5 nitrogen and oxygen atoms in total. The number of rotatable bonds is 6. The lowest BCUT2D eigenvalue weighted by Crippen LogP contribution is -2.11. The number of carbonyl (C=O) groups is 1. The van der Waals surface area contributed by atoms with Crippen LogP contribution in [0.5, 0.6) is 0 Å². The number of esters is 1. The average Bonchev–Trinajstić information content (AvgIpc) is 3.36. The Morgan fingerprint density at radius 2 is 1.93 bits per heavy atom. The molecular formula is C22H22N2O3S. The number of benzene rings is 2.